The highest BCUT2D eigenvalue weighted by molar-refractivity contribution is 7.90. The molecule has 0 unspecified atom stereocenters. The van der Waals surface area contributed by atoms with Gasteiger partial charge in [-0.2, -0.15) is 0 Å². The van der Waals surface area contributed by atoms with Gasteiger partial charge >= 0.3 is 6.03 Å². The number of hydrogen-bond donors (Lipinski definition) is 4. The van der Waals surface area contributed by atoms with Gasteiger partial charge in [-0.1, -0.05) is 60.7 Å². The Bertz CT molecular complexity index is 1420. The molecule has 4 aromatic carbocycles. The second-order valence-electron chi connectivity index (χ2n) is 7.06. The van der Waals surface area contributed by atoms with Gasteiger partial charge in [0.25, 0.3) is 10.0 Å². The predicted molar refractivity (Wildman–Crippen MR) is 136 cm³/mol. The maximum absolute atomic E-state index is 12.7. The van der Waals surface area contributed by atoms with Crippen molar-refractivity contribution in [3.05, 3.63) is 97.1 Å². The summed E-state index contributed by atoms with van der Waals surface area (Å²) >= 11 is 5.41. The molecule has 0 spiro atoms. The average molecular weight is 477 g/mol. The molecule has 0 radical (unpaired) electrons. The molecule has 2 amide bonds. The van der Waals surface area contributed by atoms with Crippen molar-refractivity contribution in [2.24, 2.45) is 0 Å². The first-order valence-corrected chi connectivity index (χ1v) is 11.8. The van der Waals surface area contributed by atoms with Gasteiger partial charge in [0, 0.05) is 22.4 Å². The SMILES string of the molecule is O=C(Nc1ccccc1)NS(=O)(=O)c1cccc(NC(=S)Nc2cccc3ccccc23)c1. The number of amides is 2. The Balaban J connectivity index is 1.44. The second kappa shape index (κ2) is 9.68. The van der Waals surface area contributed by atoms with E-state index in [0.717, 1.165) is 16.5 Å². The number of rotatable bonds is 5. The number of carbonyl (C=O) groups is 1. The Morgan fingerprint density at radius 1 is 0.697 bits per heavy atom. The van der Waals surface area contributed by atoms with Crippen LogP contribution in [0.25, 0.3) is 10.8 Å². The van der Waals surface area contributed by atoms with E-state index in [9.17, 15) is 13.2 Å². The summed E-state index contributed by atoms with van der Waals surface area (Å²) in [4.78, 5) is 12.0. The molecule has 9 heteroatoms. The third-order valence-electron chi connectivity index (χ3n) is 4.70. The molecule has 0 fully saturated rings. The first kappa shape index (κ1) is 22.3. The highest BCUT2D eigenvalue weighted by atomic mass is 32.2. The van der Waals surface area contributed by atoms with Crippen LogP contribution in [0.2, 0.25) is 0 Å². The molecule has 0 atom stereocenters. The molecule has 0 aromatic heterocycles. The lowest BCUT2D eigenvalue weighted by atomic mass is 10.1. The third kappa shape index (κ3) is 5.65. The summed E-state index contributed by atoms with van der Waals surface area (Å²) in [5.74, 6) is 0. The Hall–Kier alpha value is -3.95. The molecule has 0 heterocycles. The molecule has 4 aromatic rings. The molecular weight excluding hydrogens is 456 g/mol. The quantitative estimate of drug-likeness (QED) is 0.297. The fraction of sp³-hybridized carbons (Fsp3) is 0. The monoisotopic (exact) mass is 476 g/mol. The van der Waals surface area contributed by atoms with Crippen LogP contribution < -0.4 is 20.7 Å². The molecule has 4 N–H and O–H groups in total. The van der Waals surface area contributed by atoms with Gasteiger partial charge in [-0.15, -0.1) is 0 Å². The van der Waals surface area contributed by atoms with Crippen molar-refractivity contribution >= 4 is 61.2 Å². The smallest absolute Gasteiger partial charge is 0.332 e. The first-order chi connectivity index (χ1) is 15.9. The van der Waals surface area contributed by atoms with Gasteiger partial charge in [0.1, 0.15) is 0 Å². The van der Waals surface area contributed by atoms with Crippen LogP contribution in [0.3, 0.4) is 0 Å². The molecule has 0 aliphatic heterocycles. The zero-order valence-corrected chi connectivity index (χ0v) is 18.9. The van der Waals surface area contributed by atoms with Crippen molar-refractivity contribution in [1.82, 2.24) is 4.72 Å². The van der Waals surface area contributed by atoms with Crippen molar-refractivity contribution in [2.75, 3.05) is 16.0 Å². The molecule has 0 aliphatic carbocycles. The van der Waals surface area contributed by atoms with Crippen LogP contribution in [0.15, 0.2) is 102 Å². The molecular formula is C24H20N4O3S2. The summed E-state index contributed by atoms with van der Waals surface area (Å²) in [7, 11) is -4.09. The molecule has 0 saturated heterocycles. The Morgan fingerprint density at radius 3 is 2.18 bits per heavy atom. The second-order valence-corrected chi connectivity index (χ2v) is 9.15. The topological polar surface area (TPSA) is 99.3 Å². The molecule has 7 nitrogen and oxygen atoms in total. The van der Waals surface area contributed by atoms with Crippen LogP contribution in [0.1, 0.15) is 0 Å². The number of anilines is 3. The lowest BCUT2D eigenvalue weighted by molar-refractivity contribution is 0.256. The number of hydrogen-bond acceptors (Lipinski definition) is 4. The van der Waals surface area contributed by atoms with Gasteiger partial charge in [-0.3, -0.25) is 0 Å². The van der Waals surface area contributed by atoms with Gasteiger partial charge in [0.2, 0.25) is 0 Å². The van der Waals surface area contributed by atoms with Crippen LogP contribution in [-0.4, -0.2) is 19.6 Å². The van der Waals surface area contributed by atoms with Crippen LogP contribution in [-0.2, 0) is 10.0 Å². The zero-order chi connectivity index (χ0) is 23.3. The number of para-hydroxylation sites is 1. The first-order valence-electron chi connectivity index (χ1n) is 9.95. The highest BCUT2D eigenvalue weighted by Crippen LogP contribution is 2.23. The number of carbonyl (C=O) groups excluding carboxylic acids is 1. The summed E-state index contributed by atoms with van der Waals surface area (Å²) < 4.78 is 27.3. The van der Waals surface area contributed by atoms with Crippen LogP contribution in [0, 0.1) is 0 Å². The van der Waals surface area contributed by atoms with E-state index in [1.807, 2.05) is 47.2 Å². The standard InChI is InChI=1S/C24H20N4O3S2/c29-23(25-18-10-2-1-3-11-18)28-33(30,31)20-13-7-12-19(16-20)26-24(32)27-22-15-6-9-17-8-4-5-14-21(17)22/h1-16H,(H2,25,28,29)(H2,26,27,32). The van der Waals surface area contributed by atoms with Crippen molar-refractivity contribution < 1.29 is 13.2 Å². The van der Waals surface area contributed by atoms with Gasteiger partial charge in [0.15, 0.2) is 5.11 Å². The summed E-state index contributed by atoms with van der Waals surface area (Å²) in [6.07, 6.45) is 0. The maximum atomic E-state index is 12.7. The van der Waals surface area contributed by atoms with E-state index in [0.29, 0.717) is 16.5 Å². The number of thiocarbonyl (C=S) groups is 1. The van der Waals surface area contributed by atoms with Crippen molar-refractivity contribution in [2.45, 2.75) is 4.90 Å². The summed E-state index contributed by atoms with van der Waals surface area (Å²) in [6, 6.07) is 27.5. The molecule has 0 saturated carbocycles. The minimum atomic E-state index is -4.09. The van der Waals surface area contributed by atoms with E-state index in [1.54, 1.807) is 42.5 Å². The lowest BCUT2D eigenvalue weighted by Gasteiger charge is -2.14. The number of nitrogens with one attached hydrogen (secondary N) is 4. The molecule has 4 rings (SSSR count). The number of sulfonamides is 1. The highest BCUT2D eigenvalue weighted by Gasteiger charge is 2.18. The molecule has 0 bridgehead atoms. The predicted octanol–water partition coefficient (Wildman–Crippen LogP) is 5.16. The Kier molecular flexibility index (Phi) is 6.53. The minimum Gasteiger partial charge on any atom is -0.332 e. The van der Waals surface area contributed by atoms with Crippen molar-refractivity contribution in [1.29, 1.82) is 0 Å². The van der Waals surface area contributed by atoms with E-state index in [4.69, 9.17) is 12.2 Å². The van der Waals surface area contributed by atoms with E-state index in [2.05, 4.69) is 16.0 Å². The van der Waals surface area contributed by atoms with Gasteiger partial charge in [0.05, 0.1) is 4.90 Å². The lowest BCUT2D eigenvalue weighted by Crippen LogP contribution is -2.34. The van der Waals surface area contributed by atoms with Crippen LogP contribution in [0.5, 0.6) is 0 Å². The van der Waals surface area contributed by atoms with Crippen LogP contribution in [0.4, 0.5) is 21.9 Å². The Morgan fingerprint density at radius 2 is 1.36 bits per heavy atom. The zero-order valence-electron chi connectivity index (χ0n) is 17.3. The normalized spacial score (nSPS) is 10.9. The van der Waals surface area contributed by atoms with Crippen molar-refractivity contribution in [3.8, 4) is 0 Å². The van der Waals surface area contributed by atoms with Gasteiger partial charge < -0.3 is 16.0 Å². The van der Waals surface area contributed by atoms with Gasteiger partial charge in [-0.05, 0) is 54.0 Å². The summed E-state index contributed by atoms with van der Waals surface area (Å²) in [6.45, 7) is 0. The van der Waals surface area contributed by atoms with Crippen molar-refractivity contribution in [3.63, 3.8) is 0 Å². The average Bonchev–Trinajstić information content (AvgIpc) is 2.80. The minimum absolute atomic E-state index is 0.0799. The number of benzene rings is 4. The fourth-order valence-corrected chi connectivity index (χ4v) is 4.40. The fourth-order valence-electron chi connectivity index (χ4n) is 3.22. The van der Waals surface area contributed by atoms with E-state index >= 15 is 0 Å². The number of urea groups is 1. The van der Waals surface area contributed by atoms with E-state index < -0.39 is 16.1 Å². The van der Waals surface area contributed by atoms with E-state index in [-0.39, 0.29) is 4.90 Å². The summed E-state index contributed by atoms with van der Waals surface area (Å²) in [5, 5.41) is 11.0. The third-order valence-corrected chi connectivity index (χ3v) is 6.23. The van der Waals surface area contributed by atoms with Gasteiger partial charge in [-0.25, -0.2) is 17.9 Å². The largest absolute Gasteiger partial charge is 0.333 e. The van der Waals surface area contributed by atoms with Crippen LogP contribution >= 0.6 is 12.2 Å². The maximum Gasteiger partial charge on any atom is 0.333 e. The molecule has 166 valence electrons. The molecule has 33 heavy (non-hydrogen) atoms. The number of fused-ring (bicyclic) bond motifs is 1. The van der Waals surface area contributed by atoms with E-state index in [1.165, 1.54) is 12.1 Å². The Labute approximate surface area is 196 Å². The molecule has 0 aliphatic rings. The summed E-state index contributed by atoms with van der Waals surface area (Å²) in [5.41, 5.74) is 1.76.